The van der Waals surface area contributed by atoms with Gasteiger partial charge in [-0.3, -0.25) is 25.3 Å². The Morgan fingerprint density at radius 2 is 0.955 bits per heavy atom. The first kappa shape index (κ1) is 58.2. The van der Waals surface area contributed by atoms with Crippen LogP contribution < -0.4 is 0 Å². The largest absolute Gasteiger partial charge is 0.461 e. The second kappa shape index (κ2) is 39.6. The van der Waals surface area contributed by atoms with E-state index in [1.807, 2.05) is 135 Å². The van der Waals surface area contributed by atoms with E-state index in [1.165, 1.54) is 44.1 Å². The van der Waals surface area contributed by atoms with Gasteiger partial charge < -0.3 is 18.9 Å². The molecule has 8 nitrogen and oxygen atoms in total. The molecular weight excluding hydrogens is 845 g/mol. The number of carbonyl (C=O) groups is 3. The van der Waals surface area contributed by atoms with Gasteiger partial charge in [0.2, 0.25) is 6.29 Å². The Kier molecular flexibility index (Phi) is 34.9. The van der Waals surface area contributed by atoms with E-state index < -0.39 is 0 Å². The van der Waals surface area contributed by atoms with Crippen LogP contribution in [0, 0.1) is 0 Å². The number of allylic oxidation sites excluding steroid dienone is 1. The maximum absolute atomic E-state index is 11.6. The summed E-state index contributed by atoms with van der Waals surface area (Å²) in [7, 11) is 1.72. The highest BCUT2D eigenvalue weighted by atomic mass is 32.2. The van der Waals surface area contributed by atoms with Crippen LogP contribution in [-0.4, -0.2) is 49.9 Å². The summed E-state index contributed by atoms with van der Waals surface area (Å²) in [5.41, 5.74) is 6.15. The lowest BCUT2D eigenvalue weighted by molar-refractivity contribution is -0.145. The zero-order valence-electron chi connectivity index (χ0n) is 40.5. The summed E-state index contributed by atoms with van der Waals surface area (Å²) in [5.74, 6) is 0.738. The van der Waals surface area contributed by atoms with E-state index in [0.29, 0.717) is 44.7 Å². The van der Waals surface area contributed by atoms with Gasteiger partial charge in [0.15, 0.2) is 0 Å². The topological polar surface area (TPSA) is 105 Å². The molecule has 1 atom stereocenters. The monoisotopic (exact) mass is 920 g/mol. The van der Waals surface area contributed by atoms with Crippen LogP contribution in [0.2, 0.25) is 0 Å². The number of unbranched alkanes of at least 4 members (excludes halogenated alkanes) is 5. The summed E-state index contributed by atoms with van der Waals surface area (Å²) in [5, 5.41) is 0. The van der Waals surface area contributed by atoms with Crippen LogP contribution in [0.5, 0.6) is 0 Å². The van der Waals surface area contributed by atoms with E-state index in [2.05, 4.69) is 54.5 Å². The Bertz CT molecular complexity index is 1970. The van der Waals surface area contributed by atoms with Crippen LogP contribution in [0.4, 0.5) is 0 Å². The van der Waals surface area contributed by atoms with Gasteiger partial charge in [-0.25, -0.2) is 4.79 Å². The number of benzene rings is 5. The molecule has 0 aliphatic heterocycles. The van der Waals surface area contributed by atoms with Gasteiger partial charge >= 0.3 is 17.9 Å². The van der Waals surface area contributed by atoms with Gasteiger partial charge in [0.05, 0.1) is 6.42 Å². The lowest BCUT2D eigenvalue weighted by Gasteiger charge is -2.07. The van der Waals surface area contributed by atoms with Crippen molar-refractivity contribution in [3.05, 3.63) is 191 Å². The van der Waals surface area contributed by atoms with E-state index in [9.17, 15) is 19.2 Å². The van der Waals surface area contributed by atoms with Gasteiger partial charge in [-0.15, -0.1) is 0 Å². The fourth-order valence-corrected chi connectivity index (χ4v) is 6.55. The number of hydrogen-bond acceptors (Lipinski definition) is 8. The molecule has 0 aliphatic rings. The molecule has 5 aromatic rings. The first-order valence-electron chi connectivity index (χ1n) is 22.9. The minimum Gasteiger partial charge on any atom is -0.461 e. The molecule has 9 heteroatoms. The Balaban J connectivity index is 0.000000426. The van der Waals surface area contributed by atoms with Crippen molar-refractivity contribution in [2.24, 2.45) is 0 Å². The minimum absolute atomic E-state index is 0.0747. The van der Waals surface area contributed by atoms with Gasteiger partial charge in [0.25, 0.3) is 0 Å². The molecule has 357 valence electrons. The Morgan fingerprint density at radius 3 is 1.33 bits per heavy atom. The van der Waals surface area contributed by atoms with Crippen molar-refractivity contribution < 1.29 is 38.1 Å². The zero-order valence-corrected chi connectivity index (χ0v) is 41.4. The highest BCUT2D eigenvalue weighted by molar-refractivity contribution is 8.15. The normalized spacial score (nSPS) is 10.8. The third-order valence-corrected chi connectivity index (χ3v) is 10.5. The molecule has 5 aromatic carbocycles. The fraction of sp³-hybridized carbons (Fsp3) is 0.368. The van der Waals surface area contributed by atoms with Crippen molar-refractivity contribution in [2.45, 2.75) is 117 Å². The van der Waals surface area contributed by atoms with Crippen molar-refractivity contribution in [3.63, 3.8) is 0 Å². The Hall–Kier alpha value is -5.77. The fourth-order valence-electron chi connectivity index (χ4n) is 5.61. The van der Waals surface area contributed by atoms with E-state index in [4.69, 9.17) is 14.2 Å². The average molecular weight is 920 g/mol. The lowest BCUT2D eigenvalue weighted by atomic mass is 10.1. The molecule has 0 heterocycles. The van der Waals surface area contributed by atoms with Crippen LogP contribution in [0.3, 0.4) is 0 Å². The summed E-state index contributed by atoms with van der Waals surface area (Å²) in [6, 6.07) is 49.4. The van der Waals surface area contributed by atoms with Crippen molar-refractivity contribution in [3.8, 4) is 0 Å². The first-order chi connectivity index (χ1) is 32.0. The molecule has 0 fully saturated rings. The molecule has 66 heavy (non-hydrogen) atoms. The molecule has 0 saturated heterocycles. The number of methoxy groups -OCH3 is 1. The van der Waals surface area contributed by atoms with Crippen LogP contribution in [0.1, 0.15) is 107 Å². The molecule has 0 bridgehead atoms. The number of rotatable bonds is 21. The van der Waals surface area contributed by atoms with Gasteiger partial charge in [-0.1, -0.05) is 204 Å². The first-order valence-corrected chi connectivity index (χ1v) is 25.3. The van der Waals surface area contributed by atoms with E-state index in [1.54, 1.807) is 19.3 Å². The lowest BCUT2D eigenvalue weighted by Crippen LogP contribution is -2.08. The van der Waals surface area contributed by atoms with Crippen molar-refractivity contribution in [1.29, 1.82) is 0 Å². The summed E-state index contributed by atoms with van der Waals surface area (Å²) >= 11 is 0. The van der Waals surface area contributed by atoms with E-state index >= 15 is 0 Å². The summed E-state index contributed by atoms with van der Waals surface area (Å²) in [4.78, 5) is 44.0. The molecule has 0 saturated carbocycles. The number of ether oxygens (including phenoxy) is 4. The van der Waals surface area contributed by atoms with Gasteiger partial charge in [0.1, 0.15) is 25.9 Å². The molecule has 1 radical (unpaired) electrons. The molecule has 0 aromatic heterocycles. The second-order valence-corrected chi connectivity index (χ2v) is 18.0. The number of esters is 3. The van der Waals surface area contributed by atoms with Gasteiger partial charge in [-0.2, -0.15) is 0 Å². The number of hydrogen-bond donors (Lipinski definition) is 1. The maximum Gasteiger partial charge on any atom is 0.333 e. The number of carbonyl (C=O) groups excluding carboxylic acids is 4. The summed E-state index contributed by atoms with van der Waals surface area (Å²) in [6.07, 6.45) is 16.5. The predicted molar refractivity (Wildman–Crippen MR) is 274 cm³/mol. The van der Waals surface area contributed by atoms with Crippen LogP contribution in [0.25, 0.3) is 0 Å². The van der Waals surface area contributed by atoms with Gasteiger partial charge in [-0.05, 0) is 72.8 Å². The summed E-state index contributed by atoms with van der Waals surface area (Å²) < 4.78 is 20.1. The smallest absolute Gasteiger partial charge is 0.333 e. The maximum atomic E-state index is 11.6. The van der Waals surface area contributed by atoms with Crippen LogP contribution >= 0.6 is 10.9 Å². The van der Waals surface area contributed by atoms with E-state index in [0.717, 1.165) is 35.1 Å². The Morgan fingerprint density at radius 1 is 0.561 bits per heavy atom. The van der Waals surface area contributed by atoms with Crippen molar-refractivity contribution in [1.82, 2.24) is 0 Å². The molecule has 0 amide bonds. The minimum atomic E-state index is -0.319. The van der Waals surface area contributed by atoms with Crippen molar-refractivity contribution >= 4 is 35.1 Å². The SMILES string of the molecule is C/C=C(\C)C(=O)OCc1ccccc1.CCC([C]=O)OC.CCCCCCCCC(=O)OCc1ccccc1.C[SH](C)Cc1ccccc1.O=C(Cc1ccccc1)OCc1ccccc1. The Labute approximate surface area is 399 Å². The molecule has 5 rings (SSSR count). The number of thiol groups is 1. The van der Waals surface area contributed by atoms with E-state index in [-0.39, 0.29) is 34.9 Å². The third kappa shape index (κ3) is 32.0. The highest BCUT2D eigenvalue weighted by Gasteiger charge is 2.06. The van der Waals surface area contributed by atoms with Gasteiger partial charge in [0, 0.05) is 19.1 Å². The van der Waals surface area contributed by atoms with Crippen molar-refractivity contribution in [2.75, 3.05) is 19.6 Å². The zero-order chi connectivity index (χ0) is 48.5. The molecular formula is C57H75O8S. The second-order valence-electron chi connectivity index (χ2n) is 15.5. The van der Waals surface area contributed by atoms with Crippen LogP contribution in [0.15, 0.2) is 163 Å². The molecule has 1 unspecified atom stereocenters. The predicted octanol–water partition coefficient (Wildman–Crippen LogP) is 13.1. The summed E-state index contributed by atoms with van der Waals surface area (Å²) in [6.45, 7) is 8.72. The molecule has 0 spiro atoms. The average Bonchev–Trinajstić information content (AvgIpc) is 3.35. The molecule has 0 N–H and O–H groups in total. The quantitative estimate of drug-likeness (QED) is 0.0255. The third-order valence-electron chi connectivity index (χ3n) is 9.51. The molecule has 0 aliphatic carbocycles. The highest BCUT2D eigenvalue weighted by Crippen LogP contribution is 2.20. The van der Waals surface area contributed by atoms with Crippen LogP contribution in [-0.2, 0) is 70.1 Å². The standard InChI is InChI=1S/C16H24O2.C15H14O2.C12H14O2.C9H14S.C5H9O2/c1-2-3-4-5-6-10-13-16(17)18-14-15-11-8-7-9-12-15;16-15(11-13-7-3-1-4-8-13)17-12-14-9-5-2-6-10-14;1-3-10(2)12(13)14-9-11-7-5-4-6-8-11;1-10(2)8-9-6-4-3-5-7-9;1-3-5(4-6)7-2/h7-9,11-12H,2-6,10,13-14H2,1H3;1-10H,11-12H2;3-8H,9H2,1-2H3;3-7,10H,8H2,1-2H3;5H,3H2,1-2H3/b;;10-3+;;.